The Labute approximate surface area is 161 Å². The molecule has 0 atom stereocenters. The number of nitrogens with one attached hydrogen (secondary N) is 1. The maximum atomic E-state index is 12.1. The Kier molecular flexibility index (Phi) is 7.29. The van der Waals surface area contributed by atoms with Crippen LogP contribution < -0.4 is 19.5 Å². The molecule has 0 fully saturated rings. The van der Waals surface area contributed by atoms with E-state index in [-0.39, 0.29) is 5.91 Å². The van der Waals surface area contributed by atoms with E-state index in [4.69, 9.17) is 14.2 Å². The van der Waals surface area contributed by atoms with Gasteiger partial charge in [-0.25, -0.2) is 0 Å². The van der Waals surface area contributed by atoms with Gasteiger partial charge in [0.25, 0.3) is 0 Å². The first-order valence-corrected chi connectivity index (χ1v) is 8.83. The smallest absolute Gasteiger partial charge is 0.244 e. The molecule has 144 valence electrons. The summed E-state index contributed by atoms with van der Waals surface area (Å²) in [6, 6.07) is 11.7. The van der Waals surface area contributed by atoms with Crippen LogP contribution in [0.3, 0.4) is 0 Å². The van der Waals surface area contributed by atoms with Gasteiger partial charge in [0.05, 0.1) is 21.3 Å². The van der Waals surface area contributed by atoms with E-state index in [2.05, 4.69) is 31.3 Å². The monoisotopic (exact) mass is 369 g/mol. The molecule has 1 amide bonds. The lowest BCUT2D eigenvalue weighted by molar-refractivity contribution is -0.116. The highest BCUT2D eigenvalue weighted by atomic mass is 16.5. The first kappa shape index (κ1) is 20.4. The molecule has 5 heteroatoms. The van der Waals surface area contributed by atoms with Crippen molar-refractivity contribution in [3.05, 3.63) is 59.2 Å². The molecule has 0 saturated carbocycles. The Morgan fingerprint density at radius 2 is 1.56 bits per heavy atom. The van der Waals surface area contributed by atoms with Gasteiger partial charge in [-0.05, 0) is 29.2 Å². The van der Waals surface area contributed by atoms with Gasteiger partial charge in [-0.1, -0.05) is 38.1 Å². The van der Waals surface area contributed by atoms with E-state index in [9.17, 15) is 4.79 Å². The summed E-state index contributed by atoms with van der Waals surface area (Å²) in [7, 11) is 4.71. The summed E-state index contributed by atoms with van der Waals surface area (Å²) in [5.74, 6) is 2.10. The lowest BCUT2D eigenvalue weighted by Gasteiger charge is -2.14. The van der Waals surface area contributed by atoms with Crippen LogP contribution in [0.1, 0.15) is 36.5 Å². The van der Waals surface area contributed by atoms with Crippen molar-refractivity contribution in [3.8, 4) is 17.2 Å². The highest BCUT2D eigenvalue weighted by molar-refractivity contribution is 5.91. The summed E-state index contributed by atoms with van der Waals surface area (Å²) in [4.78, 5) is 12.1. The Bertz CT molecular complexity index is 795. The number of hydrogen-bond acceptors (Lipinski definition) is 4. The van der Waals surface area contributed by atoms with Crippen molar-refractivity contribution in [1.82, 2.24) is 5.32 Å². The summed E-state index contributed by atoms with van der Waals surface area (Å²) in [6.07, 6.45) is 3.32. The minimum absolute atomic E-state index is 0.181. The number of rotatable bonds is 8. The molecule has 5 nitrogen and oxygen atoms in total. The molecular weight excluding hydrogens is 342 g/mol. The van der Waals surface area contributed by atoms with E-state index < -0.39 is 0 Å². The highest BCUT2D eigenvalue weighted by Crippen LogP contribution is 2.34. The molecule has 1 N–H and O–H groups in total. The van der Waals surface area contributed by atoms with Crippen LogP contribution in [0.4, 0.5) is 0 Å². The van der Waals surface area contributed by atoms with Crippen LogP contribution in [-0.4, -0.2) is 27.2 Å². The fourth-order valence-electron chi connectivity index (χ4n) is 2.64. The Hall–Kier alpha value is -2.95. The third-order valence-corrected chi connectivity index (χ3v) is 4.27. The van der Waals surface area contributed by atoms with Crippen LogP contribution in [0.2, 0.25) is 0 Å². The summed E-state index contributed by atoms with van der Waals surface area (Å²) in [5.41, 5.74) is 3.06. The fourth-order valence-corrected chi connectivity index (χ4v) is 2.64. The largest absolute Gasteiger partial charge is 0.496 e. The van der Waals surface area contributed by atoms with Crippen LogP contribution in [-0.2, 0) is 11.3 Å². The number of carbonyl (C=O) groups excluding carboxylic acids is 1. The van der Waals surface area contributed by atoms with Crippen molar-refractivity contribution in [2.75, 3.05) is 21.3 Å². The Balaban J connectivity index is 2.02. The molecule has 0 saturated heterocycles. The fraction of sp³-hybridized carbons (Fsp3) is 0.318. The average Bonchev–Trinajstić information content (AvgIpc) is 2.70. The van der Waals surface area contributed by atoms with Crippen LogP contribution in [0, 0.1) is 0 Å². The quantitative estimate of drug-likeness (QED) is 0.710. The summed E-state index contributed by atoms with van der Waals surface area (Å²) >= 11 is 0. The van der Waals surface area contributed by atoms with Gasteiger partial charge in [0.15, 0.2) is 11.5 Å². The van der Waals surface area contributed by atoms with Crippen LogP contribution in [0.15, 0.2) is 42.5 Å². The number of hydrogen-bond donors (Lipinski definition) is 1. The van der Waals surface area contributed by atoms with E-state index in [1.807, 2.05) is 12.1 Å². The van der Waals surface area contributed by atoms with E-state index >= 15 is 0 Å². The van der Waals surface area contributed by atoms with Gasteiger partial charge in [-0.15, -0.1) is 0 Å². The third-order valence-electron chi connectivity index (χ3n) is 4.27. The summed E-state index contributed by atoms with van der Waals surface area (Å²) < 4.78 is 15.9. The second-order valence-corrected chi connectivity index (χ2v) is 6.39. The molecule has 0 aliphatic carbocycles. The van der Waals surface area contributed by atoms with Crippen molar-refractivity contribution in [1.29, 1.82) is 0 Å². The van der Waals surface area contributed by atoms with Crippen LogP contribution in [0.5, 0.6) is 17.2 Å². The molecule has 2 aromatic rings. The summed E-state index contributed by atoms with van der Waals surface area (Å²) in [6.45, 7) is 4.63. The normalized spacial score (nSPS) is 10.9. The number of carbonyl (C=O) groups is 1. The molecule has 0 aromatic heterocycles. The second kappa shape index (κ2) is 9.67. The number of ether oxygens (including phenoxy) is 3. The van der Waals surface area contributed by atoms with Gasteiger partial charge < -0.3 is 19.5 Å². The van der Waals surface area contributed by atoms with Crippen molar-refractivity contribution in [2.45, 2.75) is 26.3 Å². The molecule has 0 radical (unpaired) electrons. The van der Waals surface area contributed by atoms with Gasteiger partial charge in [0.2, 0.25) is 5.91 Å². The number of benzene rings is 2. The zero-order valence-electron chi connectivity index (χ0n) is 16.5. The first-order valence-electron chi connectivity index (χ1n) is 8.83. The Morgan fingerprint density at radius 3 is 2.11 bits per heavy atom. The molecular formula is C22H27NO4. The van der Waals surface area contributed by atoms with Gasteiger partial charge >= 0.3 is 0 Å². The minimum Gasteiger partial charge on any atom is -0.496 e. The molecule has 2 rings (SSSR count). The van der Waals surface area contributed by atoms with E-state index in [1.165, 1.54) is 11.6 Å². The lowest BCUT2D eigenvalue weighted by Crippen LogP contribution is -2.20. The molecule has 2 aromatic carbocycles. The second-order valence-electron chi connectivity index (χ2n) is 6.39. The molecule has 0 bridgehead atoms. The molecule has 0 heterocycles. The van der Waals surface area contributed by atoms with Crippen molar-refractivity contribution in [2.24, 2.45) is 0 Å². The zero-order valence-corrected chi connectivity index (χ0v) is 16.5. The SMILES string of the molecule is COc1cc(OC)c(OC)cc1CNC(=O)/C=C/c1ccc(C(C)C)cc1. The average molecular weight is 369 g/mol. The van der Waals surface area contributed by atoms with Gasteiger partial charge in [-0.2, -0.15) is 0 Å². The topological polar surface area (TPSA) is 56.8 Å². The van der Waals surface area contributed by atoms with Crippen molar-refractivity contribution >= 4 is 12.0 Å². The van der Waals surface area contributed by atoms with E-state index in [1.54, 1.807) is 39.5 Å². The third kappa shape index (κ3) is 5.51. The maximum Gasteiger partial charge on any atom is 0.244 e. The first-order chi connectivity index (χ1) is 13.0. The van der Waals surface area contributed by atoms with Crippen LogP contribution in [0.25, 0.3) is 6.08 Å². The Morgan fingerprint density at radius 1 is 0.963 bits per heavy atom. The molecule has 0 spiro atoms. The lowest BCUT2D eigenvalue weighted by atomic mass is 10.0. The van der Waals surface area contributed by atoms with E-state index in [0.29, 0.717) is 29.7 Å². The van der Waals surface area contributed by atoms with Gasteiger partial charge in [0.1, 0.15) is 5.75 Å². The van der Waals surface area contributed by atoms with Crippen LogP contribution >= 0.6 is 0 Å². The molecule has 0 aliphatic heterocycles. The summed E-state index contributed by atoms with van der Waals surface area (Å²) in [5, 5.41) is 2.86. The van der Waals surface area contributed by atoms with Gasteiger partial charge in [-0.3, -0.25) is 4.79 Å². The van der Waals surface area contributed by atoms with Crippen molar-refractivity contribution in [3.63, 3.8) is 0 Å². The maximum absolute atomic E-state index is 12.1. The molecule has 0 unspecified atom stereocenters. The highest BCUT2D eigenvalue weighted by Gasteiger charge is 2.12. The number of amides is 1. The zero-order chi connectivity index (χ0) is 19.8. The molecule has 27 heavy (non-hydrogen) atoms. The van der Waals surface area contributed by atoms with Gasteiger partial charge in [0, 0.05) is 24.3 Å². The van der Waals surface area contributed by atoms with E-state index in [0.717, 1.165) is 11.1 Å². The van der Waals surface area contributed by atoms with Crippen molar-refractivity contribution < 1.29 is 19.0 Å². The standard InChI is InChI=1S/C22H27NO4/c1-15(2)17-9-6-16(7-10-17)8-11-22(24)23-14-18-12-20(26-4)21(27-5)13-19(18)25-3/h6-13,15H,14H2,1-5H3,(H,23,24)/b11-8+. The predicted molar refractivity (Wildman–Crippen MR) is 108 cm³/mol. The molecule has 0 aliphatic rings. The minimum atomic E-state index is -0.181. The predicted octanol–water partition coefficient (Wildman–Crippen LogP) is 4.17. The number of methoxy groups -OCH3 is 3.